The van der Waals surface area contributed by atoms with Crippen molar-refractivity contribution in [3.05, 3.63) is 65.7 Å². The second kappa shape index (κ2) is 6.62. The lowest BCUT2D eigenvalue weighted by Gasteiger charge is -2.31. The van der Waals surface area contributed by atoms with Crippen LogP contribution < -0.4 is 10.1 Å². The van der Waals surface area contributed by atoms with Gasteiger partial charge in [-0.2, -0.15) is 0 Å². The van der Waals surface area contributed by atoms with Crippen LogP contribution >= 0.6 is 0 Å². The average molecular weight is 297 g/mol. The van der Waals surface area contributed by atoms with Gasteiger partial charge in [0.2, 0.25) is 5.91 Å². The first kappa shape index (κ1) is 14.6. The molecule has 1 heterocycles. The SMILES string of the molecule is O=C(CCc1ccccc1)N[C@H]1c2ccccc2OC[C@H]1O. The van der Waals surface area contributed by atoms with Gasteiger partial charge in [-0.15, -0.1) is 0 Å². The summed E-state index contributed by atoms with van der Waals surface area (Å²) in [5.41, 5.74) is 1.96. The second-order valence-electron chi connectivity index (χ2n) is 5.45. The molecule has 0 fully saturated rings. The topological polar surface area (TPSA) is 58.6 Å². The number of rotatable bonds is 4. The molecular formula is C18H19NO3. The van der Waals surface area contributed by atoms with Crippen LogP contribution in [-0.4, -0.2) is 23.7 Å². The molecule has 2 atom stereocenters. The molecule has 1 aliphatic heterocycles. The molecule has 0 bridgehead atoms. The van der Waals surface area contributed by atoms with E-state index in [-0.39, 0.29) is 12.5 Å². The smallest absolute Gasteiger partial charge is 0.220 e. The van der Waals surface area contributed by atoms with E-state index in [1.54, 1.807) is 0 Å². The molecule has 2 aromatic rings. The highest BCUT2D eigenvalue weighted by molar-refractivity contribution is 5.77. The number of carbonyl (C=O) groups excluding carboxylic acids is 1. The van der Waals surface area contributed by atoms with Crippen LogP contribution in [0.5, 0.6) is 5.75 Å². The maximum Gasteiger partial charge on any atom is 0.220 e. The number of aliphatic hydroxyl groups excluding tert-OH is 1. The van der Waals surface area contributed by atoms with Crippen molar-refractivity contribution in [1.29, 1.82) is 0 Å². The van der Waals surface area contributed by atoms with Crippen molar-refractivity contribution in [2.75, 3.05) is 6.61 Å². The average Bonchev–Trinajstić information content (AvgIpc) is 2.56. The van der Waals surface area contributed by atoms with E-state index in [4.69, 9.17) is 4.74 Å². The number of amides is 1. The maximum atomic E-state index is 12.2. The van der Waals surface area contributed by atoms with E-state index in [0.717, 1.165) is 16.9 Å². The highest BCUT2D eigenvalue weighted by Gasteiger charge is 2.30. The van der Waals surface area contributed by atoms with Crippen molar-refractivity contribution in [2.24, 2.45) is 0 Å². The highest BCUT2D eigenvalue weighted by Crippen LogP contribution is 2.31. The summed E-state index contributed by atoms with van der Waals surface area (Å²) in [7, 11) is 0. The van der Waals surface area contributed by atoms with E-state index in [0.29, 0.717) is 12.8 Å². The molecule has 1 amide bonds. The summed E-state index contributed by atoms with van der Waals surface area (Å²) in [6.07, 6.45) is 0.361. The van der Waals surface area contributed by atoms with Crippen LogP contribution in [0.1, 0.15) is 23.6 Å². The molecule has 4 nitrogen and oxygen atoms in total. The second-order valence-corrected chi connectivity index (χ2v) is 5.45. The lowest BCUT2D eigenvalue weighted by Crippen LogP contribution is -2.42. The van der Waals surface area contributed by atoms with E-state index in [9.17, 15) is 9.90 Å². The molecule has 114 valence electrons. The third-order valence-electron chi connectivity index (χ3n) is 3.85. The Morgan fingerprint density at radius 1 is 1.14 bits per heavy atom. The molecule has 0 aromatic heterocycles. The Kier molecular flexibility index (Phi) is 4.39. The van der Waals surface area contributed by atoms with Crippen LogP contribution in [0.4, 0.5) is 0 Å². The minimum absolute atomic E-state index is 0.0652. The van der Waals surface area contributed by atoms with E-state index < -0.39 is 12.1 Å². The third-order valence-corrected chi connectivity index (χ3v) is 3.85. The minimum atomic E-state index is -0.726. The lowest BCUT2D eigenvalue weighted by molar-refractivity contribution is -0.123. The Balaban J connectivity index is 1.64. The fourth-order valence-corrected chi connectivity index (χ4v) is 2.67. The van der Waals surface area contributed by atoms with Crippen molar-refractivity contribution in [3.63, 3.8) is 0 Å². The van der Waals surface area contributed by atoms with Crippen LogP contribution in [0.25, 0.3) is 0 Å². The molecule has 4 heteroatoms. The van der Waals surface area contributed by atoms with Crippen molar-refractivity contribution < 1.29 is 14.6 Å². The first-order valence-electron chi connectivity index (χ1n) is 7.47. The third kappa shape index (κ3) is 3.28. The number of aliphatic hydroxyl groups is 1. The molecule has 0 spiro atoms. The summed E-state index contributed by atoms with van der Waals surface area (Å²) >= 11 is 0. The maximum absolute atomic E-state index is 12.2. The van der Waals surface area contributed by atoms with Crippen LogP contribution in [0.15, 0.2) is 54.6 Å². The number of fused-ring (bicyclic) bond motifs is 1. The zero-order valence-corrected chi connectivity index (χ0v) is 12.2. The number of nitrogens with one attached hydrogen (secondary N) is 1. The summed E-state index contributed by atoms with van der Waals surface area (Å²) in [5.74, 6) is 0.658. The summed E-state index contributed by atoms with van der Waals surface area (Å²) < 4.78 is 5.48. The molecule has 3 rings (SSSR count). The molecule has 2 N–H and O–H groups in total. The van der Waals surface area contributed by atoms with Gasteiger partial charge in [-0.1, -0.05) is 48.5 Å². The van der Waals surface area contributed by atoms with Gasteiger partial charge >= 0.3 is 0 Å². The van der Waals surface area contributed by atoms with Crippen molar-refractivity contribution >= 4 is 5.91 Å². The van der Waals surface area contributed by atoms with Gasteiger partial charge in [0.25, 0.3) is 0 Å². The van der Waals surface area contributed by atoms with Gasteiger partial charge in [0, 0.05) is 12.0 Å². The number of hydrogen-bond donors (Lipinski definition) is 2. The summed E-state index contributed by atoms with van der Waals surface area (Å²) in [6.45, 7) is 0.195. The predicted octanol–water partition coefficient (Wildman–Crippen LogP) is 2.23. The molecule has 0 aliphatic carbocycles. The van der Waals surface area contributed by atoms with Crippen molar-refractivity contribution in [3.8, 4) is 5.75 Å². The Bertz CT molecular complexity index is 642. The number of aryl methyl sites for hydroxylation is 1. The first-order valence-corrected chi connectivity index (χ1v) is 7.47. The fourth-order valence-electron chi connectivity index (χ4n) is 2.67. The Morgan fingerprint density at radius 3 is 2.68 bits per heavy atom. The van der Waals surface area contributed by atoms with Crippen molar-refractivity contribution in [2.45, 2.75) is 25.0 Å². The van der Waals surface area contributed by atoms with E-state index in [1.807, 2.05) is 54.6 Å². The highest BCUT2D eigenvalue weighted by atomic mass is 16.5. The molecule has 0 saturated carbocycles. The van der Waals surface area contributed by atoms with Gasteiger partial charge in [-0.05, 0) is 18.1 Å². The van der Waals surface area contributed by atoms with Crippen LogP contribution in [-0.2, 0) is 11.2 Å². The van der Waals surface area contributed by atoms with Gasteiger partial charge in [-0.25, -0.2) is 0 Å². The van der Waals surface area contributed by atoms with Gasteiger partial charge in [-0.3, -0.25) is 4.79 Å². The largest absolute Gasteiger partial charge is 0.490 e. The molecule has 0 radical (unpaired) electrons. The van der Waals surface area contributed by atoms with Crippen LogP contribution in [0.2, 0.25) is 0 Å². The van der Waals surface area contributed by atoms with Crippen LogP contribution in [0.3, 0.4) is 0 Å². The fraction of sp³-hybridized carbons (Fsp3) is 0.278. The van der Waals surface area contributed by atoms with E-state index in [1.165, 1.54) is 0 Å². The Morgan fingerprint density at radius 2 is 1.86 bits per heavy atom. The lowest BCUT2D eigenvalue weighted by atomic mass is 9.98. The van der Waals surface area contributed by atoms with E-state index >= 15 is 0 Å². The molecule has 1 aliphatic rings. The standard InChI is InChI=1S/C18H19NO3/c20-15-12-22-16-9-5-4-8-14(16)18(15)19-17(21)11-10-13-6-2-1-3-7-13/h1-9,15,18,20H,10-12H2,(H,19,21)/t15-,18+/m1/s1. The predicted molar refractivity (Wildman–Crippen MR) is 83.6 cm³/mol. The number of carbonyl (C=O) groups is 1. The first-order chi connectivity index (χ1) is 10.7. The number of ether oxygens (including phenoxy) is 1. The van der Waals surface area contributed by atoms with Gasteiger partial charge in [0.1, 0.15) is 18.5 Å². The molecule has 0 saturated heterocycles. The summed E-state index contributed by atoms with van der Waals surface area (Å²) in [5, 5.41) is 13.0. The molecule has 22 heavy (non-hydrogen) atoms. The van der Waals surface area contributed by atoms with Gasteiger partial charge in [0.15, 0.2) is 0 Å². The van der Waals surface area contributed by atoms with Crippen LogP contribution in [0, 0.1) is 0 Å². The Hall–Kier alpha value is -2.33. The zero-order chi connectivity index (χ0) is 15.4. The van der Waals surface area contributed by atoms with Crippen molar-refractivity contribution in [1.82, 2.24) is 5.32 Å². The zero-order valence-electron chi connectivity index (χ0n) is 12.2. The molecule has 0 unspecified atom stereocenters. The summed E-state index contributed by atoms with van der Waals surface area (Å²) in [4.78, 5) is 12.2. The van der Waals surface area contributed by atoms with E-state index in [2.05, 4.69) is 5.32 Å². The number of para-hydroxylation sites is 1. The quantitative estimate of drug-likeness (QED) is 0.910. The molecular weight excluding hydrogens is 278 g/mol. The molecule has 2 aromatic carbocycles. The monoisotopic (exact) mass is 297 g/mol. The van der Waals surface area contributed by atoms with Gasteiger partial charge < -0.3 is 15.2 Å². The Labute approximate surface area is 129 Å². The minimum Gasteiger partial charge on any atom is -0.490 e. The summed E-state index contributed by atoms with van der Waals surface area (Å²) in [6, 6.07) is 17.0. The number of benzene rings is 2. The normalized spacial score (nSPS) is 19.9. The van der Waals surface area contributed by atoms with Gasteiger partial charge in [0.05, 0.1) is 6.04 Å². The number of hydrogen-bond acceptors (Lipinski definition) is 3.